The van der Waals surface area contributed by atoms with Crippen LogP contribution in [0.15, 0.2) is 16.7 Å². The van der Waals surface area contributed by atoms with Gasteiger partial charge in [0.2, 0.25) is 0 Å². The van der Waals surface area contributed by atoms with Crippen molar-refractivity contribution in [3.63, 3.8) is 0 Å². The molecule has 0 saturated heterocycles. The fourth-order valence-corrected chi connectivity index (χ4v) is 10.6. The first-order valence-corrected chi connectivity index (χ1v) is 13.9. The van der Waals surface area contributed by atoms with Crippen LogP contribution in [0.25, 0.3) is 0 Å². The lowest BCUT2D eigenvalue weighted by molar-refractivity contribution is -0.141. The molecule has 4 heteroatoms. The molecule has 4 fully saturated rings. The maximum absolute atomic E-state index is 11.6. The molecular weight excluding hydrogens is 424 g/mol. The highest BCUT2D eigenvalue weighted by Gasteiger charge is 2.80. The molecule has 4 aliphatic rings. The number of aryl methyl sites for hydroxylation is 1. The van der Waals surface area contributed by atoms with Crippen LogP contribution in [0.2, 0.25) is 0 Å². The molecule has 2 N–H and O–H groups in total. The van der Waals surface area contributed by atoms with Crippen molar-refractivity contribution in [3.8, 4) is 0 Å². The Balaban J connectivity index is 1.42. The number of carbonyl (C=O) groups is 1. The van der Waals surface area contributed by atoms with Crippen molar-refractivity contribution in [2.24, 2.45) is 51.2 Å². The van der Waals surface area contributed by atoms with E-state index in [-0.39, 0.29) is 24.4 Å². The third-order valence-electron chi connectivity index (χ3n) is 12.4. The first kappa shape index (κ1) is 24.4. The van der Waals surface area contributed by atoms with Gasteiger partial charge in [-0.2, -0.15) is 0 Å². The Morgan fingerprint density at radius 2 is 1.85 bits per heavy atom. The fraction of sp³-hybridized carbons (Fsp3) is 0.833. The van der Waals surface area contributed by atoms with Crippen molar-refractivity contribution in [2.45, 2.75) is 98.8 Å². The van der Waals surface area contributed by atoms with Crippen LogP contribution in [0, 0.1) is 58.2 Å². The van der Waals surface area contributed by atoms with E-state index in [9.17, 15) is 15.0 Å². The van der Waals surface area contributed by atoms with E-state index in [1.807, 2.05) is 6.26 Å². The third-order valence-corrected chi connectivity index (χ3v) is 12.4. The summed E-state index contributed by atoms with van der Waals surface area (Å²) in [6, 6.07) is 2.20. The van der Waals surface area contributed by atoms with Gasteiger partial charge in [0.25, 0.3) is 0 Å². The van der Waals surface area contributed by atoms with Gasteiger partial charge in [-0.3, -0.25) is 4.79 Å². The average molecular weight is 471 g/mol. The minimum absolute atomic E-state index is 0.135. The first-order chi connectivity index (χ1) is 16.0. The topological polar surface area (TPSA) is 70.7 Å². The van der Waals surface area contributed by atoms with Crippen molar-refractivity contribution in [1.29, 1.82) is 0 Å². The van der Waals surface area contributed by atoms with Crippen LogP contribution in [0.5, 0.6) is 0 Å². The molecule has 0 radical (unpaired) electrons. The van der Waals surface area contributed by atoms with E-state index in [1.165, 1.54) is 44.1 Å². The molecule has 4 saturated carbocycles. The fourth-order valence-electron chi connectivity index (χ4n) is 10.6. The minimum Gasteiger partial charge on any atom is -0.481 e. The number of rotatable bonds is 8. The quantitative estimate of drug-likeness (QED) is 0.434. The monoisotopic (exact) mass is 470 g/mol. The van der Waals surface area contributed by atoms with Gasteiger partial charge in [-0.15, -0.1) is 0 Å². The summed E-state index contributed by atoms with van der Waals surface area (Å²) in [6.07, 6.45) is 12.7. The van der Waals surface area contributed by atoms with Crippen molar-refractivity contribution >= 4 is 5.97 Å². The van der Waals surface area contributed by atoms with Crippen molar-refractivity contribution in [1.82, 2.24) is 0 Å². The van der Waals surface area contributed by atoms with E-state index in [0.29, 0.717) is 39.9 Å². The molecule has 4 aliphatic carbocycles. The lowest BCUT2D eigenvalue weighted by Crippen LogP contribution is -2.54. The number of hydrogen-bond acceptors (Lipinski definition) is 3. The van der Waals surface area contributed by atoms with Crippen LogP contribution in [0.4, 0.5) is 0 Å². The number of carboxylic acid groups (broad SMARTS) is 1. The highest BCUT2D eigenvalue weighted by Crippen LogP contribution is 2.87. The average Bonchev–Trinajstić information content (AvgIpc) is 3.16. The van der Waals surface area contributed by atoms with E-state index < -0.39 is 5.97 Å². The second-order valence-corrected chi connectivity index (χ2v) is 13.5. The number of aliphatic hydroxyl groups is 1. The Labute approximate surface area is 205 Å². The SMILES string of the molecule is Cc1coc(CC(C)C2CCC3(C)C4CCC(C(C)CO)C5(CCC(=O)O)CC45CCC23C)c1. The Morgan fingerprint density at radius 3 is 2.50 bits per heavy atom. The summed E-state index contributed by atoms with van der Waals surface area (Å²) in [5, 5.41) is 19.6. The molecule has 1 aromatic heterocycles. The van der Waals surface area contributed by atoms with E-state index in [4.69, 9.17) is 4.42 Å². The van der Waals surface area contributed by atoms with Crippen LogP contribution in [-0.2, 0) is 11.2 Å². The molecule has 9 atom stereocenters. The molecule has 0 aliphatic heterocycles. The van der Waals surface area contributed by atoms with Crippen LogP contribution in [0.1, 0.15) is 96.8 Å². The van der Waals surface area contributed by atoms with E-state index >= 15 is 0 Å². The number of fused-ring (bicyclic) bond motifs is 2. The summed E-state index contributed by atoms with van der Waals surface area (Å²) in [5.41, 5.74) is 2.31. The Kier molecular flexibility index (Phi) is 5.82. The van der Waals surface area contributed by atoms with Gasteiger partial charge in [-0.25, -0.2) is 0 Å². The van der Waals surface area contributed by atoms with Gasteiger partial charge in [0, 0.05) is 19.4 Å². The van der Waals surface area contributed by atoms with Gasteiger partial charge in [0.15, 0.2) is 0 Å². The summed E-state index contributed by atoms with van der Waals surface area (Å²) in [6.45, 7) is 12.2. The molecule has 9 unspecified atom stereocenters. The maximum atomic E-state index is 11.6. The lowest BCUT2D eigenvalue weighted by Gasteiger charge is -2.61. The summed E-state index contributed by atoms with van der Waals surface area (Å²) in [7, 11) is 0. The van der Waals surface area contributed by atoms with Crippen LogP contribution >= 0.6 is 0 Å². The van der Waals surface area contributed by atoms with Gasteiger partial charge in [-0.1, -0.05) is 27.7 Å². The Hall–Kier alpha value is -1.29. The number of furan rings is 1. The zero-order valence-corrected chi connectivity index (χ0v) is 22.0. The molecule has 0 amide bonds. The van der Waals surface area contributed by atoms with Gasteiger partial charge in [0.05, 0.1) is 6.26 Å². The first-order valence-electron chi connectivity index (χ1n) is 13.9. The predicted octanol–water partition coefficient (Wildman–Crippen LogP) is 6.88. The van der Waals surface area contributed by atoms with Crippen molar-refractivity contribution in [2.75, 3.05) is 6.61 Å². The van der Waals surface area contributed by atoms with Gasteiger partial charge < -0.3 is 14.6 Å². The van der Waals surface area contributed by atoms with Gasteiger partial charge >= 0.3 is 5.97 Å². The molecular formula is C30H46O4. The molecule has 4 nitrogen and oxygen atoms in total. The number of aliphatic hydroxyl groups excluding tert-OH is 1. The molecule has 0 aromatic carbocycles. The normalized spacial score (nSPS) is 44.6. The summed E-state index contributed by atoms with van der Waals surface area (Å²) in [4.78, 5) is 11.6. The molecule has 34 heavy (non-hydrogen) atoms. The molecule has 0 bridgehead atoms. The van der Waals surface area contributed by atoms with Crippen molar-refractivity contribution < 1.29 is 19.4 Å². The highest BCUT2D eigenvalue weighted by atomic mass is 16.4. The zero-order valence-electron chi connectivity index (χ0n) is 22.0. The second kappa shape index (κ2) is 8.11. The summed E-state index contributed by atoms with van der Waals surface area (Å²) < 4.78 is 5.83. The molecule has 1 aromatic rings. The van der Waals surface area contributed by atoms with E-state index in [0.717, 1.165) is 25.0 Å². The molecule has 5 rings (SSSR count). The minimum atomic E-state index is -0.663. The standard InChI is InChI=1S/C30H46O4/c1-19-14-22(34-17-19)15-20(2)23-8-10-28(5)25-7-6-24(21(3)16-31)29(11-9-26(32)33)18-30(25,29)13-12-27(23,28)4/h14,17,20-21,23-25,31H,6-13,15-16,18H2,1-5H3,(H,32,33). The maximum Gasteiger partial charge on any atom is 0.303 e. The Bertz CT molecular complexity index is 936. The highest BCUT2D eigenvalue weighted by molar-refractivity contribution is 5.66. The van der Waals surface area contributed by atoms with E-state index in [2.05, 4.69) is 40.7 Å². The molecule has 1 heterocycles. The smallest absolute Gasteiger partial charge is 0.303 e. The van der Waals surface area contributed by atoms with Crippen LogP contribution in [-0.4, -0.2) is 22.8 Å². The third kappa shape index (κ3) is 3.22. The molecule has 190 valence electrons. The van der Waals surface area contributed by atoms with Gasteiger partial charge in [0.1, 0.15) is 5.76 Å². The van der Waals surface area contributed by atoms with Gasteiger partial charge in [-0.05, 0) is 121 Å². The summed E-state index contributed by atoms with van der Waals surface area (Å²) in [5.74, 6) is 3.21. The lowest BCUT2D eigenvalue weighted by atomic mass is 9.43. The largest absolute Gasteiger partial charge is 0.481 e. The number of aliphatic carboxylic acids is 1. The van der Waals surface area contributed by atoms with Crippen LogP contribution < -0.4 is 0 Å². The van der Waals surface area contributed by atoms with E-state index in [1.54, 1.807) is 0 Å². The second-order valence-electron chi connectivity index (χ2n) is 13.5. The van der Waals surface area contributed by atoms with Crippen molar-refractivity contribution in [3.05, 3.63) is 23.7 Å². The molecule has 1 spiro atoms. The number of hydrogen-bond donors (Lipinski definition) is 2. The Morgan fingerprint density at radius 1 is 1.09 bits per heavy atom. The number of carboxylic acids is 1. The van der Waals surface area contributed by atoms with Crippen LogP contribution in [0.3, 0.4) is 0 Å². The summed E-state index contributed by atoms with van der Waals surface area (Å²) >= 11 is 0. The zero-order chi connectivity index (χ0) is 24.5. The predicted molar refractivity (Wildman–Crippen MR) is 133 cm³/mol.